The minimum absolute atomic E-state index is 0. The van der Waals surface area contributed by atoms with Gasteiger partial charge in [0, 0.05) is 32.0 Å². The second-order valence-corrected chi connectivity index (χ2v) is 7.88. The molecule has 2 atom stereocenters. The number of guanidine groups is 1. The van der Waals surface area contributed by atoms with Crippen LogP contribution < -0.4 is 5.32 Å². The average molecular weight is 565 g/mol. The summed E-state index contributed by atoms with van der Waals surface area (Å²) >= 11 is 0. The molecule has 178 valence electrons. The number of imidazole rings is 1. The van der Waals surface area contributed by atoms with Gasteiger partial charge in [-0.3, -0.25) is 0 Å². The highest BCUT2D eigenvalue weighted by Crippen LogP contribution is 2.27. The normalized spacial score (nSPS) is 19.5. The summed E-state index contributed by atoms with van der Waals surface area (Å²) in [7, 11) is 0. The van der Waals surface area contributed by atoms with Crippen LogP contribution in [0.15, 0.2) is 48.0 Å². The maximum atomic E-state index is 12.2. The summed E-state index contributed by atoms with van der Waals surface area (Å²) < 4.78 is 43.4. The van der Waals surface area contributed by atoms with Gasteiger partial charge in [-0.1, -0.05) is 31.2 Å². The van der Waals surface area contributed by atoms with E-state index in [1.54, 1.807) is 12.1 Å². The molecular formula is C22H31F3IN5O. The topological polar surface area (TPSA) is 54.7 Å². The zero-order valence-corrected chi connectivity index (χ0v) is 20.7. The fraction of sp³-hybridized carbons (Fsp3) is 0.545. The van der Waals surface area contributed by atoms with Crippen molar-refractivity contribution >= 4 is 29.9 Å². The Morgan fingerprint density at radius 1 is 1.25 bits per heavy atom. The van der Waals surface area contributed by atoms with Crippen molar-refractivity contribution in [3.63, 3.8) is 0 Å². The number of aliphatic imine (C=N–C) groups is 1. The van der Waals surface area contributed by atoms with Crippen molar-refractivity contribution in [3.8, 4) is 0 Å². The summed E-state index contributed by atoms with van der Waals surface area (Å²) in [5.41, 5.74) is 1.70. The number of rotatable bonds is 7. The molecule has 0 bridgehead atoms. The van der Waals surface area contributed by atoms with Crippen LogP contribution in [0.2, 0.25) is 0 Å². The number of likely N-dealkylation sites (tertiary alicyclic amines) is 1. The number of piperidine rings is 1. The number of benzene rings is 1. The molecule has 1 aromatic carbocycles. The van der Waals surface area contributed by atoms with Crippen LogP contribution in [0.25, 0.3) is 0 Å². The van der Waals surface area contributed by atoms with Crippen LogP contribution in [0.3, 0.4) is 0 Å². The number of aromatic nitrogens is 2. The van der Waals surface area contributed by atoms with Gasteiger partial charge in [-0.15, -0.1) is 24.0 Å². The molecule has 1 aliphatic heterocycles. The van der Waals surface area contributed by atoms with Crippen LogP contribution in [-0.2, 0) is 17.9 Å². The lowest BCUT2D eigenvalue weighted by Gasteiger charge is -2.39. The lowest BCUT2D eigenvalue weighted by atomic mass is 9.93. The van der Waals surface area contributed by atoms with Gasteiger partial charge in [0.15, 0.2) is 5.96 Å². The Kier molecular flexibility index (Phi) is 10.3. The molecule has 0 radical (unpaired) electrons. The summed E-state index contributed by atoms with van der Waals surface area (Å²) in [4.78, 5) is 11.3. The van der Waals surface area contributed by atoms with Gasteiger partial charge >= 0.3 is 6.18 Å². The molecular weight excluding hydrogens is 534 g/mol. The number of hydrogen-bond donors (Lipinski definition) is 1. The summed E-state index contributed by atoms with van der Waals surface area (Å²) in [6.07, 6.45) is 2.45. The molecule has 0 saturated carbocycles. The Morgan fingerprint density at radius 3 is 2.59 bits per heavy atom. The Balaban J connectivity index is 0.00000363. The first-order valence-electron chi connectivity index (χ1n) is 10.6. The zero-order chi connectivity index (χ0) is 22.3. The molecule has 0 spiro atoms. The standard InChI is InChI=1S/C22H30F3N5O.HI/c1-3-27-21(29-10-8-17(2)20(13-29)30-11-9-26-16-30)28-12-18-4-6-19(7-5-18)14-31-15-22(23,24)25;/h4-7,9,11,16-17,20H,3,8,10,12-15H2,1-2H3,(H,27,28);1H. The van der Waals surface area contributed by atoms with E-state index < -0.39 is 12.8 Å². The van der Waals surface area contributed by atoms with Gasteiger partial charge in [0.05, 0.1) is 25.5 Å². The number of nitrogens with zero attached hydrogens (tertiary/aromatic N) is 4. The Hall–Kier alpha value is -1.82. The fourth-order valence-electron chi connectivity index (χ4n) is 3.71. The molecule has 1 saturated heterocycles. The van der Waals surface area contributed by atoms with E-state index in [-0.39, 0.29) is 30.6 Å². The van der Waals surface area contributed by atoms with Gasteiger partial charge in [-0.25, -0.2) is 9.98 Å². The quantitative estimate of drug-likeness (QED) is 0.303. The predicted octanol–water partition coefficient (Wildman–Crippen LogP) is 4.63. The van der Waals surface area contributed by atoms with Crippen molar-refractivity contribution in [1.29, 1.82) is 0 Å². The van der Waals surface area contributed by atoms with E-state index >= 15 is 0 Å². The summed E-state index contributed by atoms with van der Waals surface area (Å²) in [5.74, 6) is 1.43. The lowest BCUT2D eigenvalue weighted by Crippen LogP contribution is -2.49. The van der Waals surface area contributed by atoms with Gasteiger partial charge in [0.25, 0.3) is 0 Å². The first-order chi connectivity index (χ1) is 14.9. The monoisotopic (exact) mass is 565 g/mol. The van der Waals surface area contributed by atoms with Gasteiger partial charge < -0.3 is 19.5 Å². The maximum Gasteiger partial charge on any atom is 0.411 e. The number of alkyl halides is 3. The second kappa shape index (κ2) is 12.4. The van der Waals surface area contributed by atoms with Crippen LogP contribution in [-0.4, -0.2) is 52.8 Å². The molecule has 3 rings (SSSR count). The van der Waals surface area contributed by atoms with Crippen LogP contribution in [0.1, 0.15) is 37.4 Å². The average Bonchev–Trinajstić information content (AvgIpc) is 3.26. The van der Waals surface area contributed by atoms with E-state index in [2.05, 4.69) is 26.7 Å². The Morgan fingerprint density at radius 2 is 1.97 bits per heavy atom. The molecule has 1 aromatic heterocycles. The van der Waals surface area contributed by atoms with E-state index in [1.165, 1.54) is 0 Å². The summed E-state index contributed by atoms with van der Waals surface area (Å²) in [5, 5.41) is 3.38. The molecule has 0 amide bonds. The number of nitrogens with one attached hydrogen (secondary N) is 1. The molecule has 10 heteroatoms. The molecule has 2 aromatic rings. The molecule has 1 N–H and O–H groups in total. The predicted molar refractivity (Wildman–Crippen MR) is 129 cm³/mol. The van der Waals surface area contributed by atoms with Gasteiger partial charge in [-0.2, -0.15) is 13.2 Å². The largest absolute Gasteiger partial charge is 0.411 e. The zero-order valence-electron chi connectivity index (χ0n) is 18.4. The second-order valence-electron chi connectivity index (χ2n) is 7.88. The van der Waals surface area contributed by atoms with Crippen molar-refractivity contribution in [2.75, 3.05) is 26.2 Å². The molecule has 6 nitrogen and oxygen atoms in total. The van der Waals surface area contributed by atoms with Crippen molar-refractivity contribution in [1.82, 2.24) is 19.8 Å². The fourth-order valence-corrected chi connectivity index (χ4v) is 3.71. The molecule has 2 unspecified atom stereocenters. The van der Waals surface area contributed by atoms with E-state index in [1.807, 2.05) is 37.8 Å². The third-order valence-corrected chi connectivity index (χ3v) is 5.43. The highest BCUT2D eigenvalue weighted by atomic mass is 127. The Bertz CT molecular complexity index is 827. The van der Waals surface area contributed by atoms with Gasteiger partial charge in [0.2, 0.25) is 0 Å². The smallest absolute Gasteiger partial charge is 0.367 e. The van der Waals surface area contributed by atoms with Gasteiger partial charge in [-0.05, 0) is 30.4 Å². The van der Waals surface area contributed by atoms with Crippen LogP contribution in [0.4, 0.5) is 13.2 Å². The summed E-state index contributed by atoms with van der Waals surface area (Å²) in [6.45, 7) is 6.08. The van der Waals surface area contributed by atoms with E-state index in [4.69, 9.17) is 9.73 Å². The maximum absolute atomic E-state index is 12.2. The van der Waals surface area contributed by atoms with Crippen molar-refractivity contribution in [2.45, 2.75) is 45.6 Å². The van der Waals surface area contributed by atoms with Crippen LogP contribution in [0, 0.1) is 5.92 Å². The molecule has 32 heavy (non-hydrogen) atoms. The van der Waals surface area contributed by atoms with Crippen molar-refractivity contribution in [3.05, 3.63) is 54.1 Å². The molecule has 2 heterocycles. The SMILES string of the molecule is CCNC(=NCc1ccc(COCC(F)(F)F)cc1)N1CCC(C)C(n2ccnc2)C1.I. The van der Waals surface area contributed by atoms with Crippen LogP contribution in [0.5, 0.6) is 0 Å². The van der Waals surface area contributed by atoms with Crippen molar-refractivity contribution in [2.24, 2.45) is 10.9 Å². The first-order valence-corrected chi connectivity index (χ1v) is 10.6. The minimum atomic E-state index is -4.31. The summed E-state index contributed by atoms with van der Waals surface area (Å²) in [6, 6.07) is 7.67. The number of ether oxygens (including phenoxy) is 1. The molecule has 1 fully saturated rings. The third-order valence-electron chi connectivity index (χ3n) is 5.43. The number of hydrogen-bond acceptors (Lipinski definition) is 3. The highest BCUT2D eigenvalue weighted by molar-refractivity contribution is 14.0. The van der Waals surface area contributed by atoms with Crippen LogP contribution >= 0.6 is 24.0 Å². The van der Waals surface area contributed by atoms with E-state index in [9.17, 15) is 13.2 Å². The number of halogens is 4. The molecule has 0 aliphatic carbocycles. The van der Waals surface area contributed by atoms with E-state index in [0.29, 0.717) is 24.1 Å². The first kappa shape index (κ1) is 26.4. The van der Waals surface area contributed by atoms with Gasteiger partial charge in [0.1, 0.15) is 6.61 Å². The third kappa shape index (κ3) is 7.95. The van der Waals surface area contributed by atoms with Crippen molar-refractivity contribution < 1.29 is 17.9 Å². The molecule has 1 aliphatic rings. The Labute approximate surface area is 204 Å². The highest BCUT2D eigenvalue weighted by Gasteiger charge is 2.29. The minimum Gasteiger partial charge on any atom is -0.367 e. The lowest BCUT2D eigenvalue weighted by molar-refractivity contribution is -0.176. The van der Waals surface area contributed by atoms with E-state index in [0.717, 1.165) is 37.6 Å².